The van der Waals surface area contributed by atoms with Crippen molar-refractivity contribution in [3.63, 3.8) is 0 Å². The van der Waals surface area contributed by atoms with Crippen molar-refractivity contribution in [2.75, 3.05) is 0 Å². The molecule has 0 aromatic carbocycles. The largest absolute Gasteiger partial charge is 0.393 e. The quantitative estimate of drug-likeness (QED) is 0.370. The summed E-state index contributed by atoms with van der Waals surface area (Å²) in [7, 11) is -9.03. The zero-order valence-electron chi connectivity index (χ0n) is 16.4. The zero-order valence-corrected chi connectivity index (χ0v) is 18.0. The smallest absolute Gasteiger partial charge is 0.318 e. The summed E-state index contributed by atoms with van der Waals surface area (Å²) < 4.78 is 71.1. The highest BCUT2D eigenvalue weighted by Crippen LogP contribution is 2.31. The highest BCUT2D eigenvalue weighted by atomic mass is 32.2. The zero-order chi connectivity index (χ0) is 21.7. The maximum absolute atomic E-state index is 12.7. The Hall–Kier alpha value is -1.04. The van der Waals surface area contributed by atoms with E-state index in [-0.39, 0.29) is 25.7 Å². The average Bonchev–Trinajstić information content (AvgIpc) is 2.51. The summed E-state index contributed by atoms with van der Waals surface area (Å²) in [5.74, 6) is -4.50. The standard InChI is InChI=1S/C18H30O9S2/c19-17(13-9-5-1-3-7-11-15(13)28(21,22)23)27-18(20)14-10-6-2-4-8-12-16(14)29(24,25)26/h13-16H,1-12H2,(H,21,22,23)(H,24,25,26). The molecule has 0 saturated heterocycles. The van der Waals surface area contributed by atoms with Crippen molar-refractivity contribution in [1.82, 2.24) is 0 Å². The summed E-state index contributed by atoms with van der Waals surface area (Å²) in [4.78, 5) is 25.3. The molecule has 2 fully saturated rings. The van der Waals surface area contributed by atoms with Crippen LogP contribution in [0.3, 0.4) is 0 Å². The first-order valence-electron chi connectivity index (χ1n) is 10.2. The van der Waals surface area contributed by atoms with Crippen LogP contribution in [0.1, 0.15) is 77.0 Å². The lowest BCUT2D eigenvalue weighted by Gasteiger charge is -2.28. The van der Waals surface area contributed by atoms with Gasteiger partial charge in [-0.05, 0) is 25.7 Å². The van der Waals surface area contributed by atoms with Gasteiger partial charge >= 0.3 is 11.9 Å². The van der Waals surface area contributed by atoms with Gasteiger partial charge in [-0.15, -0.1) is 0 Å². The van der Waals surface area contributed by atoms with E-state index in [1.54, 1.807) is 0 Å². The summed E-state index contributed by atoms with van der Waals surface area (Å²) in [5, 5.41) is -2.70. The van der Waals surface area contributed by atoms with E-state index in [1.165, 1.54) is 0 Å². The third-order valence-electron chi connectivity index (χ3n) is 5.98. The average molecular weight is 455 g/mol. The van der Waals surface area contributed by atoms with Gasteiger partial charge in [0.25, 0.3) is 20.2 Å². The third-order valence-corrected chi connectivity index (χ3v) is 8.64. The summed E-state index contributed by atoms with van der Waals surface area (Å²) in [6.45, 7) is 0. The fraction of sp³-hybridized carbons (Fsp3) is 0.889. The molecule has 0 radical (unpaired) electrons. The van der Waals surface area contributed by atoms with E-state index in [0.717, 1.165) is 25.7 Å². The van der Waals surface area contributed by atoms with E-state index in [1.807, 2.05) is 0 Å². The number of hydrogen-bond acceptors (Lipinski definition) is 7. The van der Waals surface area contributed by atoms with Crippen LogP contribution in [-0.2, 0) is 34.6 Å². The molecule has 4 unspecified atom stereocenters. The van der Waals surface area contributed by atoms with Gasteiger partial charge in [0.15, 0.2) is 0 Å². The molecule has 9 nitrogen and oxygen atoms in total. The maximum Gasteiger partial charge on any atom is 0.318 e. The molecule has 2 aliphatic rings. The van der Waals surface area contributed by atoms with Crippen LogP contribution in [0.5, 0.6) is 0 Å². The first-order chi connectivity index (χ1) is 13.5. The fourth-order valence-electron chi connectivity index (χ4n) is 4.40. The Kier molecular flexibility index (Phi) is 8.62. The van der Waals surface area contributed by atoms with E-state index in [0.29, 0.717) is 25.7 Å². The molecule has 168 valence electrons. The van der Waals surface area contributed by atoms with Crippen LogP contribution in [0.4, 0.5) is 0 Å². The van der Waals surface area contributed by atoms with Gasteiger partial charge in [-0.1, -0.05) is 51.4 Å². The number of rotatable bonds is 4. The van der Waals surface area contributed by atoms with E-state index in [2.05, 4.69) is 0 Å². The fourth-order valence-corrected chi connectivity index (χ4v) is 6.66. The molecular weight excluding hydrogens is 424 g/mol. The molecule has 11 heteroatoms. The molecule has 0 bridgehead atoms. The van der Waals surface area contributed by atoms with Crippen LogP contribution in [0, 0.1) is 11.8 Å². The number of carbonyl (C=O) groups is 2. The first kappa shape index (κ1) is 24.2. The van der Waals surface area contributed by atoms with Gasteiger partial charge in [0.05, 0.1) is 22.3 Å². The summed E-state index contributed by atoms with van der Waals surface area (Å²) >= 11 is 0. The Labute approximate surface area is 172 Å². The molecule has 4 atom stereocenters. The second kappa shape index (κ2) is 10.3. The minimum absolute atomic E-state index is 0.0872. The maximum atomic E-state index is 12.7. The van der Waals surface area contributed by atoms with Crippen LogP contribution in [0.15, 0.2) is 0 Å². The van der Waals surface area contributed by atoms with Crippen LogP contribution in [0.25, 0.3) is 0 Å². The molecule has 0 aromatic rings. The highest BCUT2D eigenvalue weighted by molar-refractivity contribution is 7.86. The Bertz CT molecular complexity index is 722. The number of carbonyl (C=O) groups excluding carboxylic acids is 2. The predicted octanol–water partition coefficient (Wildman–Crippen LogP) is 2.51. The summed E-state index contributed by atoms with van der Waals surface area (Å²) in [6.07, 6.45) is 5.79. The molecule has 2 N–H and O–H groups in total. The van der Waals surface area contributed by atoms with Crippen LogP contribution in [-0.4, -0.2) is 48.4 Å². The van der Waals surface area contributed by atoms with Gasteiger partial charge in [-0.3, -0.25) is 18.7 Å². The second-order valence-corrected chi connectivity index (χ2v) is 11.3. The number of ether oxygens (including phenoxy) is 1. The van der Waals surface area contributed by atoms with Crippen molar-refractivity contribution in [3.8, 4) is 0 Å². The van der Waals surface area contributed by atoms with Gasteiger partial charge in [0.1, 0.15) is 0 Å². The molecule has 0 heterocycles. The van der Waals surface area contributed by atoms with Crippen LogP contribution in [0.2, 0.25) is 0 Å². The molecular formula is C18H30O9S2. The molecule has 2 saturated carbocycles. The van der Waals surface area contributed by atoms with Crippen molar-refractivity contribution in [3.05, 3.63) is 0 Å². The Morgan fingerprint density at radius 2 is 0.897 bits per heavy atom. The highest BCUT2D eigenvalue weighted by Gasteiger charge is 2.42. The molecule has 0 aromatic heterocycles. The van der Waals surface area contributed by atoms with Crippen LogP contribution < -0.4 is 0 Å². The molecule has 2 rings (SSSR count). The first-order valence-corrected chi connectivity index (χ1v) is 13.2. The molecule has 0 aliphatic heterocycles. The van der Waals surface area contributed by atoms with Crippen molar-refractivity contribution >= 4 is 32.2 Å². The molecule has 2 aliphatic carbocycles. The minimum atomic E-state index is -4.51. The van der Waals surface area contributed by atoms with Gasteiger partial charge in [-0.2, -0.15) is 16.8 Å². The van der Waals surface area contributed by atoms with E-state index in [9.17, 15) is 35.5 Å². The van der Waals surface area contributed by atoms with Crippen molar-refractivity contribution in [1.29, 1.82) is 0 Å². The Morgan fingerprint density at radius 3 is 1.21 bits per heavy atom. The Balaban J connectivity index is 2.19. The summed E-state index contributed by atoms with van der Waals surface area (Å²) in [5.41, 5.74) is 0. The van der Waals surface area contributed by atoms with Gasteiger partial charge < -0.3 is 4.74 Å². The second-order valence-electron chi connectivity index (χ2n) is 8.04. The van der Waals surface area contributed by atoms with Crippen molar-refractivity contribution < 1.29 is 40.3 Å². The lowest BCUT2D eigenvalue weighted by molar-refractivity contribution is -0.166. The van der Waals surface area contributed by atoms with Gasteiger partial charge in [0, 0.05) is 0 Å². The third kappa shape index (κ3) is 7.01. The van der Waals surface area contributed by atoms with E-state index < -0.39 is 54.5 Å². The lowest BCUT2D eigenvalue weighted by Crippen LogP contribution is -2.41. The number of hydrogen-bond donors (Lipinski definition) is 2. The monoisotopic (exact) mass is 454 g/mol. The lowest BCUT2D eigenvalue weighted by atomic mass is 9.89. The Morgan fingerprint density at radius 1 is 0.586 bits per heavy atom. The van der Waals surface area contributed by atoms with Crippen LogP contribution >= 0.6 is 0 Å². The summed E-state index contributed by atoms with van der Waals surface area (Å²) in [6, 6.07) is 0. The van der Waals surface area contributed by atoms with E-state index >= 15 is 0 Å². The van der Waals surface area contributed by atoms with E-state index in [4.69, 9.17) is 4.74 Å². The SMILES string of the molecule is O=C(OC(=O)C1CCCCCCC1S(=O)(=O)O)C1CCCCCCC1S(=O)(=O)O. The van der Waals surface area contributed by atoms with Gasteiger partial charge in [-0.25, -0.2) is 0 Å². The van der Waals surface area contributed by atoms with Gasteiger partial charge in [0.2, 0.25) is 0 Å². The van der Waals surface area contributed by atoms with Crippen molar-refractivity contribution in [2.24, 2.45) is 11.8 Å². The number of esters is 2. The molecule has 29 heavy (non-hydrogen) atoms. The topological polar surface area (TPSA) is 152 Å². The predicted molar refractivity (Wildman–Crippen MR) is 104 cm³/mol. The minimum Gasteiger partial charge on any atom is -0.393 e. The normalized spacial score (nSPS) is 30.3. The molecule has 0 spiro atoms. The van der Waals surface area contributed by atoms with Crippen molar-refractivity contribution in [2.45, 2.75) is 87.5 Å². The molecule has 0 amide bonds.